The summed E-state index contributed by atoms with van der Waals surface area (Å²) in [7, 11) is 0. The third-order valence-corrected chi connectivity index (χ3v) is 3.34. The van der Waals surface area contributed by atoms with E-state index in [0.29, 0.717) is 19.5 Å². The number of halogens is 1. The van der Waals surface area contributed by atoms with Gasteiger partial charge in [0, 0.05) is 37.0 Å². The van der Waals surface area contributed by atoms with Crippen molar-refractivity contribution >= 4 is 11.6 Å². The minimum atomic E-state index is 0.168. The number of benzene rings is 1. The van der Waals surface area contributed by atoms with Crippen molar-refractivity contribution in [2.45, 2.75) is 32.5 Å². The summed E-state index contributed by atoms with van der Waals surface area (Å²) in [6, 6.07) is 8.02. The molecular weight excluding hydrogens is 276 g/mol. The van der Waals surface area contributed by atoms with Gasteiger partial charge < -0.3 is 10.4 Å². The van der Waals surface area contributed by atoms with Crippen LogP contribution in [0.5, 0.6) is 0 Å². The number of nitrogens with one attached hydrogen (secondary N) is 1. The number of aliphatic hydroxyl groups is 1. The standard InChI is InChI=1S/C14H19ClN4O/c1-11(12-3-5-13(15)6-4-12)16-9-14-10-19(18-17-14)7-2-8-20/h3-6,10-11,16,20H,2,7-9H2,1H3/t11-/m0/s1. The highest BCUT2D eigenvalue weighted by Crippen LogP contribution is 2.16. The lowest BCUT2D eigenvalue weighted by Crippen LogP contribution is -2.18. The summed E-state index contributed by atoms with van der Waals surface area (Å²) in [5.74, 6) is 0. The van der Waals surface area contributed by atoms with Crippen LogP contribution in [0.25, 0.3) is 0 Å². The van der Waals surface area contributed by atoms with Crippen molar-refractivity contribution in [2.24, 2.45) is 0 Å². The normalized spacial score (nSPS) is 12.6. The summed E-state index contributed by atoms with van der Waals surface area (Å²) >= 11 is 5.87. The van der Waals surface area contributed by atoms with Gasteiger partial charge >= 0.3 is 0 Å². The van der Waals surface area contributed by atoms with E-state index in [4.69, 9.17) is 16.7 Å². The van der Waals surface area contributed by atoms with Crippen molar-refractivity contribution < 1.29 is 5.11 Å². The molecule has 0 amide bonds. The Morgan fingerprint density at radius 2 is 2.10 bits per heavy atom. The molecule has 0 fully saturated rings. The second-order valence-electron chi connectivity index (χ2n) is 4.70. The first-order chi connectivity index (χ1) is 9.69. The minimum Gasteiger partial charge on any atom is -0.396 e. The average molecular weight is 295 g/mol. The second kappa shape index (κ2) is 7.38. The van der Waals surface area contributed by atoms with Crippen LogP contribution in [0.15, 0.2) is 30.5 Å². The van der Waals surface area contributed by atoms with Gasteiger partial charge in [-0.15, -0.1) is 5.10 Å². The van der Waals surface area contributed by atoms with Crippen LogP contribution in [0.3, 0.4) is 0 Å². The van der Waals surface area contributed by atoms with Gasteiger partial charge in [-0.3, -0.25) is 4.68 Å². The molecule has 0 saturated heterocycles. The van der Waals surface area contributed by atoms with Gasteiger partial charge in [0.25, 0.3) is 0 Å². The maximum atomic E-state index is 8.77. The van der Waals surface area contributed by atoms with Gasteiger partial charge in [-0.05, 0) is 31.0 Å². The van der Waals surface area contributed by atoms with E-state index >= 15 is 0 Å². The molecule has 0 spiro atoms. The monoisotopic (exact) mass is 294 g/mol. The molecule has 1 aromatic carbocycles. The lowest BCUT2D eigenvalue weighted by Gasteiger charge is -2.13. The summed E-state index contributed by atoms with van der Waals surface area (Å²) in [4.78, 5) is 0. The molecule has 0 aliphatic rings. The Hall–Kier alpha value is -1.43. The van der Waals surface area contributed by atoms with E-state index in [1.807, 2.05) is 30.5 Å². The number of hydrogen-bond acceptors (Lipinski definition) is 4. The Balaban J connectivity index is 1.85. The topological polar surface area (TPSA) is 63.0 Å². The van der Waals surface area contributed by atoms with Crippen molar-refractivity contribution in [1.82, 2.24) is 20.3 Å². The first-order valence-electron chi connectivity index (χ1n) is 6.68. The highest BCUT2D eigenvalue weighted by molar-refractivity contribution is 6.30. The van der Waals surface area contributed by atoms with Crippen LogP contribution >= 0.6 is 11.6 Å². The van der Waals surface area contributed by atoms with Gasteiger partial charge in [0.2, 0.25) is 0 Å². The molecule has 0 aliphatic heterocycles. The van der Waals surface area contributed by atoms with Gasteiger partial charge in [0.05, 0.1) is 5.69 Å². The predicted octanol–water partition coefficient (Wildman–Crippen LogP) is 2.16. The summed E-state index contributed by atoms with van der Waals surface area (Å²) in [6.07, 6.45) is 2.59. The Kier molecular flexibility index (Phi) is 5.52. The molecule has 108 valence electrons. The lowest BCUT2D eigenvalue weighted by atomic mass is 10.1. The molecule has 5 nitrogen and oxygen atoms in total. The van der Waals surface area contributed by atoms with E-state index < -0.39 is 0 Å². The smallest absolute Gasteiger partial charge is 0.0965 e. The first-order valence-corrected chi connectivity index (χ1v) is 7.05. The molecular formula is C14H19ClN4O. The number of rotatable bonds is 7. The summed E-state index contributed by atoms with van der Waals surface area (Å²) in [5.41, 5.74) is 2.07. The maximum Gasteiger partial charge on any atom is 0.0965 e. The van der Waals surface area contributed by atoms with Crippen LogP contribution in [0.4, 0.5) is 0 Å². The highest BCUT2D eigenvalue weighted by Gasteiger charge is 2.06. The molecule has 2 N–H and O–H groups in total. The molecule has 2 rings (SSSR count). The number of nitrogens with zero attached hydrogens (tertiary/aromatic N) is 3. The largest absolute Gasteiger partial charge is 0.396 e. The Morgan fingerprint density at radius 1 is 1.35 bits per heavy atom. The van der Waals surface area contributed by atoms with Gasteiger partial charge in [-0.1, -0.05) is 28.9 Å². The SMILES string of the molecule is C[C@H](NCc1cn(CCCO)nn1)c1ccc(Cl)cc1. The summed E-state index contributed by atoms with van der Waals surface area (Å²) in [6.45, 7) is 3.61. The van der Waals surface area contributed by atoms with E-state index in [9.17, 15) is 0 Å². The van der Waals surface area contributed by atoms with E-state index in [-0.39, 0.29) is 12.6 Å². The fraction of sp³-hybridized carbons (Fsp3) is 0.429. The number of aliphatic hydroxyl groups excluding tert-OH is 1. The predicted molar refractivity (Wildman–Crippen MR) is 78.4 cm³/mol. The van der Waals surface area contributed by atoms with E-state index in [1.54, 1.807) is 4.68 Å². The highest BCUT2D eigenvalue weighted by atomic mass is 35.5. The fourth-order valence-corrected chi connectivity index (χ4v) is 2.01. The quantitative estimate of drug-likeness (QED) is 0.821. The van der Waals surface area contributed by atoms with Crippen LogP contribution in [0, 0.1) is 0 Å². The van der Waals surface area contributed by atoms with Gasteiger partial charge in [-0.25, -0.2) is 0 Å². The number of hydrogen-bond donors (Lipinski definition) is 2. The zero-order valence-electron chi connectivity index (χ0n) is 11.5. The zero-order chi connectivity index (χ0) is 14.4. The van der Waals surface area contributed by atoms with E-state index in [2.05, 4.69) is 22.6 Å². The van der Waals surface area contributed by atoms with E-state index in [0.717, 1.165) is 10.7 Å². The lowest BCUT2D eigenvalue weighted by molar-refractivity contribution is 0.276. The van der Waals surface area contributed by atoms with Crippen LogP contribution in [0.2, 0.25) is 5.02 Å². The average Bonchev–Trinajstić information content (AvgIpc) is 2.91. The molecule has 2 aromatic rings. The number of aromatic nitrogens is 3. The van der Waals surface area contributed by atoms with Gasteiger partial charge in [-0.2, -0.15) is 0 Å². The molecule has 0 saturated carbocycles. The molecule has 0 radical (unpaired) electrons. The van der Waals surface area contributed by atoms with Crippen LogP contribution in [-0.2, 0) is 13.1 Å². The number of aryl methyl sites for hydroxylation is 1. The van der Waals surface area contributed by atoms with Crippen molar-refractivity contribution in [3.8, 4) is 0 Å². The third kappa shape index (κ3) is 4.30. The van der Waals surface area contributed by atoms with Gasteiger partial charge in [0.15, 0.2) is 0 Å². The van der Waals surface area contributed by atoms with Crippen molar-refractivity contribution in [2.75, 3.05) is 6.61 Å². The van der Waals surface area contributed by atoms with Crippen LogP contribution in [-0.4, -0.2) is 26.7 Å². The summed E-state index contributed by atoms with van der Waals surface area (Å²) in [5, 5.41) is 21.0. The molecule has 1 atom stereocenters. The van der Waals surface area contributed by atoms with E-state index in [1.165, 1.54) is 5.56 Å². The molecule has 0 aliphatic carbocycles. The molecule has 0 unspecified atom stereocenters. The van der Waals surface area contributed by atoms with Crippen molar-refractivity contribution in [3.63, 3.8) is 0 Å². The fourth-order valence-electron chi connectivity index (χ4n) is 1.89. The van der Waals surface area contributed by atoms with Crippen molar-refractivity contribution in [3.05, 3.63) is 46.7 Å². The maximum absolute atomic E-state index is 8.77. The van der Waals surface area contributed by atoms with Crippen LogP contribution < -0.4 is 5.32 Å². The molecule has 1 heterocycles. The third-order valence-electron chi connectivity index (χ3n) is 3.09. The summed E-state index contributed by atoms with van der Waals surface area (Å²) < 4.78 is 1.75. The molecule has 0 bridgehead atoms. The van der Waals surface area contributed by atoms with Crippen LogP contribution in [0.1, 0.15) is 30.6 Å². The first kappa shape index (κ1) is 15.0. The zero-order valence-corrected chi connectivity index (χ0v) is 12.2. The Bertz CT molecular complexity index is 526. The second-order valence-corrected chi connectivity index (χ2v) is 5.14. The molecule has 6 heteroatoms. The van der Waals surface area contributed by atoms with Crippen molar-refractivity contribution in [1.29, 1.82) is 0 Å². The Labute approximate surface area is 123 Å². The Morgan fingerprint density at radius 3 is 2.80 bits per heavy atom. The molecule has 1 aromatic heterocycles. The molecule has 20 heavy (non-hydrogen) atoms. The van der Waals surface area contributed by atoms with Gasteiger partial charge in [0.1, 0.15) is 0 Å². The minimum absolute atomic E-state index is 0.168.